The van der Waals surface area contributed by atoms with E-state index in [0.29, 0.717) is 11.4 Å². The van der Waals surface area contributed by atoms with Gasteiger partial charge < -0.3 is 16.4 Å². The van der Waals surface area contributed by atoms with E-state index >= 15 is 0 Å². The second-order valence-electron chi connectivity index (χ2n) is 6.92. The molecule has 0 atom stereocenters. The van der Waals surface area contributed by atoms with E-state index < -0.39 is 0 Å². The molecule has 1 aromatic heterocycles. The summed E-state index contributed by atoms with van der Waals surface area (Å²) in [5, 5.41) is 6.87. The Kier molecular flexibility index (Phi) is 10.7. The Hall–Kier alpha value is -1.78. The first kappa shape index (κ1) is 22.3. The van der Waals surface area contributed by atoms with Crippen LogP contribution in [0.5, 0.6) is 0 Å². The van der Waals surface area contributed by atoms with Crippen LogP contribution in [0.2, 0.25) is 0 Å². The molecular formula is C21H38N4O. The van der Waals surface area contributed by atoms with E-state index in [0.717, 1.165) is 82.3 Å². The van der Waals surface area contributed by atoms with Crippen LogP contribution in [0.1, 0.15) is 94.1 Å². The molecule has 148 valence electrons. The Labute approximate surface area is 159 Å². The summed E-state index contributed by atoms with van der Waals surface area (Å²) in [5.41, 5.74) is 8.64. The summed E-state index contributed by atoms with van der Waals surface area (Å²) in [6.07, 6.45) is 9.34. The third-order valence-corrected chi connectivity index (χ3v) is 4.58. The fourth-order valence-electron chi connectivity index (χ4n) is 3.13. The van der Waals surface area contributed by atoms with Gasteiger partial charge in [0.1, 0.15) is 11.6 Å². The van der Waals surface area contributed by atoms with Crippen LogP contribution in [-0.4, -0.2) is 24.0 Å². The van der Waals surface area contributed by atoms with Crippen LogP contribution < -0.4 is 16.4 Å². The number of hydrogen-bond acceptors (Lipinski definition) is 4. The van der Waals surface area contributed by atoms with Gasteiger partial charge in [-0.15, -0.1) is 0 Å². The fraction of sp³-hybridized carbons (Fsp3) is 0.714. The SMILES string of the molecule is CCCCNc1nc(NCCCC)c(C(N)=O)c(CCC)c1CCCC. The number of nitrogens with two attached hydrogens (primary N) is 1. The molecule has 0 bridgehead atoms. The molecule has 4 N–H and O–H groups in total. The topological polar surface area (TPSA) is 80.0 Å². The van der Waals surface area contributed by atoms with Crippen molar-refractivity contribution >= 4 is 17.5 Å². The molecule has 0 saturated heterocycles. The lowest BCUT2D eigenvalue weighted by molar-refractivity contribution is 0.1000. The largest absolute Gasteiger partial charge is 0.370 e. The second-order valence-corrected chi connectivity index (χ2v) is 6.92. The molecule has 1 amide bonds. The van der Waals surface area contributed by atoms with Gasteiger partial charge in [-0.25, -0.2) is 4.98 Å². The number of hydrogen-bond donors (Lipinski definition) is 3. The number of unbranched alkanes of at least 4 members (excludes halogenated alkanes) is 3. The Morgan fingerprint density at radius 2 is 1.38 bits per heavy atom. The number of carbonyl (C=O) groups is 1. The van der Waals surface area contributed by atoms with Gasteiger partial charge >= 0.3 is 0 Å². The highest BCUT2D eigenvalue weighted by Crippen LogP contribution is 2.30. The minimum absolute atomic E-state index is 0.377. The minimum atomic E-state index is -0.377. The summed E-state index contributed by atoms with van der Waals surface area (Å²) in [4.78, 5) is 17.1. The smallest absolute Gasteiger partial charge is 0.252 e. The molecule has 0 fully saturated rings. The van der Waals surface area contributed by atoms with E-state index in [2.05, 4.69) is 38.3 Å². The van der Waals surface area contributed by atoms with Crippen LogP contribution in [0.15, 0.2) is 0 Å². The first-order valence-electron chi connectivity index (χ1n) is 10.4. The van der Waals surface area contributed by atoms with Crippen molar-refractivity contribution < 1.29 is 4.79 Å². The maximum atomic E-state index is 12.3. The lowest BCUT2D eigenvalue weighted by Gasteiger charge is -2.21. The van der Waals surface area contributed by atoms with Gasteiger partial charge in [0, 0.05) is 13.1 Å². The molecule has 0 saturated carbocycles. The molecule has 1 rings (SSSR count). The van der Waals surface area contributed by atoms with Gasteiger partial charge in [0.25, 0.3) is 5.91 Å². The van der Waals surface area contributed by atoms with Crippen LogP contribution in [0.4, 0.5) is 11.6 Å². The lowest BCUT2D eigenvalue weighted by atomic mass is 9.94. The third kappa shape index (κ3) is 6.50. The number of pyridine rings is 1. The Balaban J connectivity index is 3.39. The maximum Gasteiger partial charge on any atom is 0.252 e. The molecule has 5 heteroatoms. The molecular weight excluding hydrogens is 324 g/mol. The number of amides is 1. The predicted molar refractivity (Wildman–Crippen MR) is 112 cm³/mol. The van der Waals surface area contributed by atoms with E-state index in [1.807, 2.05) is 0 Å². The minimum Gasteiger partial charge on any atom is -0.370 e. The number of anilines is 2. The number of carbonyl (C=O) groups excluding carboxylic acids is 1. The van der Waals surface area contributed by atoms with Crippen molar-refractivity contribution in [2.75, 3.05) is 23.7 Å². The number of aromatic nitrogens is 1. The van der Waals surface area contributed by atoms with Gasteiger partial charge in [0.05, 0.1) is 5.56 Å². The van der Waals surface area contributed by atoms with Gasteiger partial charge in [-0.1, -0.05) is 53.4 Å². The van der Waals surface area contributed by atoms with E-state index in [9.17, 15) is 4.79 Å². The molecule has 1 heterocycles. The summed E-state index contributed by atoms with van der Waals surface area (Å²) in [5.74, 6) is 1.20. The summed E-state index contributed by atoms with van der Waals surface area (Å²) in [6.45, 7) is 10.4. The first-order chi connectivity index (χ1) is 12.6. The van der Waals surface area contributed by atoms with Gasteiger partial charge in [-0.2, -0.15) is 0 Å². The summed E-state index contributed by atoms with van der Waals surface area (Å²) in [6, 6.07) is 0. The molecule has 1 aromatic rings. The quantitative estimate of drug-likeness (QED) is 0.411. The monoisotopic (exact) mass is 362 g/mol. The zero-order chi connectivity index (χ0) is 19.4. The van der Waals surface area contributed by atoms with Crippen molar-refractivity contribution in [3.63, 3.8) is 0 Å². The number of rotatable bonds is 14. The average Bonchev–Trinajstić information content (AvgIpc) is 2.61. The summed E-state index contributed by atoms with van der Waals surface area (Å²) >= 11 is 0. The average molecular weight is 363 g/mol. The normalized spacial score (nSPS) is 10.8. The van der Waals surface area contributed by atoms with Crippen molar-refractivity contribution in [2.24, 2.45) is 5.73 Å². The van der Waals surface area contributed by atoms with Crippen molar-refractivity contribution in [1.82, 2.24) is 4.98 Å². The summed E-state index contributed by atoms with van der Waals surface area (Å²) in [7, 11) is 0. The predicted octanol–water partition coefficient (Wildman–Crippen LogP) is 4.90. The van der Waals surface area contributed by atoms with Crippen molar-refractivity contribution in [3.8, 4) is 0 Å². The molecule has 0 radical (unpaired) electrons. The highest BCUT2D eigenvalue weighted by atomic mass is 16.1. The van der Waals surface area contributed by atoms with Gasteiger partial charge in [0.15, 0.2) is 0 Å². The second kappa shape index (κ2) is 12.6. The van der Waals surface area contributed by atoms with Crippen LogP contribution in [0.3, 0.4) is 0 Å². The summed E-state index contributed by atoms with van der Waals surface area (Å²) < 4.78 is 0. The zero-order valence-electron chi connectivity index (χ0n) is 17.2. The van der Waals surface area contributed by atoms with Crippen LogP contribution in [-0.2, 0) is 12.8 Å². The lowest BCUT2D eigenvalue weighted by Crippen LogP contribution is -2.22. The molecule has 0 aliphatic rings. The van der Waals surface area contributed by atoms with E-state index in [1.165, 1.54) is 5.56 Å². The highest BCUT2D eigenvalue weighted by molar-refractivity contribution is 6.00. The van der Waals surface area contributed by atoms with Gasteiger partial charge in [-0.05, 0) is 43.2 Å². The van der Waals surface area contributed by atoms with Crippen LogP contribution in [0, 0.1) is 0 Å². The fourth-order valence-corrected chi connectivity index (χ4v) is 3.13. The molecule has 0 unspecified atom stereocenters. The Morgan fingerprint density at radius 3 is 1.88 bits per heavy atom. The maximum absolute atomic E-state index is 12.3. The molecule has 0 aliphatic heterocycles. The molecule has 0 aliphatic carbocycles. The van der Waals surface area contributed by atoms with Crippen molar-refractivity contribution in [1.29, 1.82) is 0 Å². The molecule has 0 spiro atoms. The van der Waals surface area contributed by atoms with Crippen LogP contribution in [0.25, 0.3) is 0 Å². The highest BCUT2D eigenvalue weighted by Gasteiger charge is 2.22. The van der Waals surface area contributed by atoms with Crippen LogP contribution >= 0.6 is 0 Å². The molecule has 5 nitrogen and oxygen atoms in total. The van der Waals surface area contributed by atoms with E-state index in [-0.39, 0.29) is 5.91 Å². The van der Waals surface area contributed by atoms with Crippen molar-refractivity contribution in [2.45, 2.75) is 85.5 Å². The van der Waals surface area contributed by atoms with E-state index in [4.69, 9.17) is 10.7 Å². The van der Waals surface area contributed by atoms with Gasteiger partial charge in [-0.3, -0.25) is 4.79 Å². The Morgan fingerprint density at radius 1 is 0.808 bits per heavy atom. The Bertz CT molecular complexity index is 557. The molecule has 0 aromatic carbocycles. The van der Waals surface area contributed by atoms with Crippen molar-refractivity contribution in [3.05, 3.63) is 16.7 Å². The standard InChI is InChI=1S/C21H38N4O/c1-5-9-13-17-16(12-8-4)18(19(22)26)21(24-15-11-7-3)25-20(17)23-14-10-6-2/h5-15H2,1-4H3,(H2,22,26)(H2,23,24,25). The number of nitrogens with one attached hydrogen (secondary N) is 2. The third-order valence-electron chi connectivity index (χ3n) is 4.58. The van der Waals surface area contributed by atoms with E-state index in [1.54, 1.807) is 0 Å². The molecule has 26 heavy (non-hydrogen) atoms. The number of primary amides is 1. The first-order valence-corrected chi connectivity index (χ1v) is 10.4. The zero-order valence-corrected chi connectivity index (χ0v) is 17.2. The number of nitrogens with zero attached hydrogens (tertiary/aromatic N) is 1. The van der Waals surface area contributed by atoms with Gasteiger partial charge in [0.2, 0.25) is 0 Å².